The van der Waals surface area contributed by atoms with Crippen LogP contribution >= 0.6 is 0 Å². The largest absolute Gasteiger partial charge is 0.457 e. The molecule has 1 heterocycles. The van der Waals surface area contributed by atoms with Crippen LogP contribution in [0.4, 0.5) is 0 Å². The number of benzene rings is 10. The average molecular weight is 685 g/mol. The van der Waals surface area contributed by atoms with Gasteiger partial charge in [-0.2, -0.15) is 0 Å². The number of fused-ring (bicyclic) bond motifs is 16. The third-order valence-electron chi connectivity index (χ3n) is 12.1. The van der Waals surface area contributed by atoms with Crippen molar-refractivity contribution in [2.24, 2.45) is 0 Å². The Balaban J connectivity index is 1.27. The number of para-hydroxylation sites is 2. The van der Waals surface area contributed by atoms with Gasteiger partial charge < -0.3 is 4.74 Å². The Morgan fingerprint density at radius 1 is 0.296 bits per heavy atom. The van der Waals surface area contributed by atoms with Crippen LogP contribution in [0, 0.1) is 0 Å². The summed E-state index contributed by atoms with van der Waals surface area (Å²) in [4.78, 5) is 0. The maximum atomic E-state index is 6.78. The summed E-state index contributed by atoms with van der Waals surface area (Å²) in [6.07, 6.45) is 0. The molecule has 0 amide bonds. The fourth-order valence-electron chi connectivity index (χ4n) is 10.1. The first-order valence-corrected chi connectivity index (χ1v) is 18.8. The Labute approximate surface area is 313 Å². The van der Waals surface area contributed by atoms with Gasteiger partial charge in [0.05, 0.1) is 5.41 Å². The molecule has 0 aromatic heterocycles. The third kappa shape index (κ3) is 3.78. The molecule has 0 radical (unpaired) electrons. The SMILES string of the molecule is c1ccc(-c2c3ccccc3c(-c3ccc4c(c3)C3(c5ccccc5Oc5ccccc53)c3c-4c4ccccc4c4ccccc34)c3ccccc23)cc1. The molecule has 0 saturated carbocycles. The third-order valence-corrected chi connectivity index (χ3v) is 12.1. The molecule has 0 N–H and O–H groups in total. The normalized spacial score (nSPS) is 13.5. The van der Waals surface area contributed by atoms with E-state index in [0.29, 0.717) is 0 Å². The first kappa shape index (κ1) is 29.6. The summed E-state index contributed by atoms with van der Waals surface area (Å²) < 4.78 is 6.78. The van der Waals surface area contributed by atoms with Gasteiger partial charge in [0, 0.05) is 11.1 Å². The van der Waals surface area contributed by atoms with Crippen molar-refractivity contribution in [2.75, 3.05) is 0 Å². The molecule has 1 heteroatoms. The Bertz CT molecular complexity index is 3090. The predicted octanol–water partition coefficient (Wildman–Crippen LogP) is 14.1. The van der Waals surface area contributed by atoms with E-state index in [-0.39, 0.29) is 0 Å². The van der Waals surface area contributed by atoms with Gasteiger partial charge in [-0.3, -0.25) is 0 Å². The molecule has 54 heavy (non-hydrogen) atoms. The van der Waals surface area contributed by atoms with Crippen molar-refractivity contribution in [3.8, 4) is 44.9 Å². The molecule has 1 spiro atoms. The minimum atomic E-state index is -0.620. The van der Waals surface area contributed by atoms with Crippen LogP contribution in [0.25, 0.3) is 76.5 Å². The number of rotatable bonds is 2. The summed E-state index contributed by atoms with van der Waals surface area (Å²) in [6, 6.07) is 71.4. The predicted molar refractivity (Wildman–Crippen MR) is 225 cm³/mol. The number of hydrogen-bond acceptors (Lipinski definition) is 1. The van der Waals surface area contributed by atoms with Crippen molar-refractivity contribution < 1.29 is 4.74 Å². The molecule has 0 bridgehead atoms. The fraction of sp³-hybridized carbons (Fsp3) is 0.0189. The summed E-state index contributed by atoms with van der Waals surface area (Å²) >= 11 is 0. The highest BCUT2D eigenvalue weighted by atomic mass is 16.5. The number of hydrogen-bond donors (Lipinski definition) is 0. The zero-order valence-corrected chi connectivity index (χ0v) is 29.4. The van der Waals surface area contributed by atoms with Gasteiger partial charge in [-0.1, -0.05) is 176 Å². The lowest BCUT2D eigenvalue weighted by atomic mass is 9.64. The number of ether oxygens (including phenoxy) is 1. The highest BCUT2D eigenvalue weighted by Crippen LogP contribution is 2.65. The molecule has 10 aromatic rings. The second kappa shape index (κ2) is 11.0. The van der Waals surface area contributed by atoms with Gasteiger partial charge in [-0.05, 0) is 106 Å². The molecule has 1 aliphatic carbocycles. The minimum absolute atomic E-state index is 0.620. The van der Waals surface area contributed by atoms with Crippen LogP contribution < -0.4 is 4.74 Å². The van der Waals surface area contributed by atoms with Crippen LogP contribution in [0.2, 0.25) is 0 Å². The summed E-state index contributed by atoms with van der Waals surface area (Å²) in [5.41, 5.74) is 11.9. The zero-order chi connectivity index (χ0) is 35.4. The van der Waals surface area contributed by atoms with Crippen molar-refractivity contribution in [2.45, 2.75) is 5.41 Å². The topological polar surface area (TPSA) is 9.23 Å². The molecule has 0 fully saturated rings. The van der Waals surface area contributed by atoms with Gasteiger partial charge >= 0.3 is 0 Å². The van der Waals surface area contributed by atoms with Crippen LogP contribution in [-0.4, -0.2) is 0 Å². The Morgan fingerprint density at radius 2 is 0.722 bits per heavy atom. The lowest BCUT2D eigenvalue weighted by molar-refractivity contribution is 0.437. The molecule has 1 nitrogen and oxygen atoms in total. The highest BCUT2D eigenvalue weighted by Gasteiger charge is 2.52. The fourth-order valence-corrected chi connectivity index (χ4v) is 10.1. The van der Waals surface area contributed by atoms with Crippen molar-refractivity contribution in [3.05, 3.63) is 216 Å². The lowest BCUT2D eigenvalue weighted by Gasteiger charge is -2.40. The molecule has 250 valence electrons. The van der Waals surface area contributed by atoms with E-state index in [2.05, 4.69) is 194 Å². The maximum absolute atomic E-state index is 6.78. The highest BCUT2D eigenvalue weighted by molar-refractivity contribution is 6.23. The molecule has 1 aliphatic heterocycles. The molecule has 0 unspecified atom stereocenters. The standard InChI is InChI=1S/C53H32O/c1-2-16-33(17-3-1)49-38-21-7-9-23-40(38)50(41-24-10-8-22-39(41)49)34-30-31-43-46(32-34)53(44-26-12-14-28-47(44)54-48-29-15-13-27-45(48)53)52-42-25-11-5-19-36(42)35-18-4-6-20-37(35)51(43)52/h1-32H. The minimum Gasteiger partial charge on any atom is -0.457 e. The van der Waals surface area contributed by atoms with Gasteiger partial charge in [-0.15, -0.1) is 0 Å². The molecular weight excluding hydrogens is 653 g/mol. The monoisotopic (exact) mass is 684 g/mol. The summed E-state index contributed by atoms with van der Waals surface area (Å²) in [7, 11) is 0. The molecule has 0 saturated heterocycles. The molecular formula is C53H32O. The van der Waals surface area contributed by atoms with Crippen molar-refractivity contribution in [1.82, 2.24) is 0 Å². The van der Waals surface area contributed by atoms with E-state index < -0.39 is 5.41 Å². The van der Waals surface area contributed by atoms with E-state index in [1.165, 1.54) is 98.7 Å². The zero-order valence-electron chi connectivity index (χ0n) is 29.4. The van der Waals surface area contributed by atoms with E-state index in [4.69, 9.17) is 4.74 Å². The van der Waals surface area contributed by atoms with E-state index in [9.17, 15) is 0 Å². The second-order valence-electron chi connectivity index (χ2n) is 14.7. The Hall–Kier alpha value is -6.96. The molecule has 12 rings (SSSR count). The van der Waals surface area contributed by atoms with Gasteiger partial charge in [-0.25, -0.2) is 0 Å². The van der Waals surface area contributed by atoms with E-state index >= 15 is 0 Å². The Kier molecular flexibility index (Phi) is 6.04. The first-order valence-electron chi connectivity index (χ1n) is 18.8. The molecule has 10 aromatic carbocycles. The van der Waals surface area contributed by atoms with E-state index in [1.807, 2.05) is 0 Å². The van der Waals surface area contributed by atoms with Gasteiger partial charge in [0.15, 0.2) is 0 Å². The quantitative estimate of drug-likeness (QED) is 0.130. The maximum Gasteiger partial charge on any atom is 0.132 e. The van der Waals surface area contributed by atoms with E-state index in [0.717, 1.165) is 11.5 Å². The van der Waals surface area contributed by atoms with Crippen LogP contribution in [0.15, 0.2) is 194 Å². The molecule has 0 atom stereocenters. The van der Waals surface area contributed by atoms with Crippen LogP contribution in [0.5, 0.6) is 11.5 Å². The first-order chi connectivity index (χ1) is 26.8. The summed E-state index contributed by atoms with van der Waals surface area (Å²) in [5, 5.41) is 10.1. The van der Waals surface area contributed by atoms with Crippen LogP contribution in [0.3, 0.4) is 0 Å². The smallest absolute Gasteiger partial charge is 0.132 e. The lowest BCUT2D eigenvalue weighted by Crippen LogP contribution is -2.32. The summed E-state index contributed by atoms with van der Waals surface area (Å²) in [5.74, 6) is 1.81. The van der Waals surface area contributed by atoms with Crippen LogP contribution in [-0.2, 0) is 5.41 Å². The van der Waals surface area contributed by atoms with Gasteiger partial charge in [0.1, 0.15) is 11.5 Å². The van der Waals surface area contributed by atoms with Gasteiger partial charge in [0.2, 0.25) is 0 Å². The average Bonchev–Trinajstić information content (AvgIpc) is 3.54. The van der Waals surface area contributed by atoms with E-state index in [1.54, 1.807) is 0 Å². The van der Waals surface area contributed by atoms with Crippen LogP contribution in [0.1, 0.15) is 22.3 Å². The molecule has 2 aliphatic rings. The summed E-state index contributed by atoms with van der Waals surface area (Å²) in [6.45, 7) is 0. The van der Waals surface area contributed by atoms with Crippen molar-refractivity contribution in [3.63, 3.8) is 0 Å². The van der Waals surface area contributed by atoms with Crippen molar-refractivity contribution >= 4 is 43.1 Å². The second-order valence-corrected chi connectivity index (χ2v) is 14.7. The van der Waals surface area contributed by atoms with Crippen molar-refractivity contribution in [1.29, 1.82) is 0 Å². The Morgan fingerprint density at radius 3 is 1.30 bits per heavy atom. The van der Waals surface area contributed by atoms with Gasteiger partial charge in [0.25, 0.3) is 0 Å².